The maximum atomic E-state index is 10.8. The Morgan fingerprint density at radius 2 is 2.29 bits per heavy atom. The van der Waals surface area contributed by atoms with E-state index in [9.17, 15) is 4.79 Å². The van der Waals surface area contributed by atoms with Crippen LogP contribution >= 0.6 is 11.3 Å². The number of hydrogen-bond donors (Lipinski definition) is 1. The fourth-order valence-corrected chi connectivity index (χ4v) is 2.27. The van der Waals surface area contributed by atoms with E-state index in [1.165, 1.54) is 11.3 Å². The second-order valence-electron chi connectivity index (χ2n) is 2.82. The minimum absolute atomic E-state index is 0.373. The summed E-state index contributed by atoms with van der Waals surface area (Å²) in [4.78, 5) is 10.8. The SMILES string of the molecule is N#Cc1ccc2scc(N)c2c1C=O. The fraction of sp³-hybridized carbons (Fsp3) is 0. The van der Waals surface area contributed by atoms with Crippen LogP contribution in [0, 0.1) is 11.3 Å². The zero-order valence-corrected chi connectivity index (χ0v) is 7.97. The number of aldehydes is 1. The molecule has 1 heterocycles. The third-order valence-electron chi connectivity index (χ3n) is 2.05. The lowest BCUT2D eigenvalue weighted by Gasteiger charge is -1.98. The quantitative estimate of drug-likeness (QED) is 0.720. The van der Waals surface area contributed by atoms with Crippen molar-refractivity contribution in [2.24, 2.45) is 0 Å². The summed E-state index contributed by atoms with van der Waals surface area (Å²) in [5.74, 6) is 0. The Kier molecular flexibility index (Phi) is 1.95. The molecule has 0 aliphatic carbocycles. The Labute approximate surface area is 84.4 Å². The van der Waals surface area contributed by atoms with Gasteiger partial charge in [-0.05, 0) is 12.1 Å². The number of nitriles is 1. The van der Waals surface area contributed by atoms with Crippen molar-refractivity contribution < 1.29 is 4.79 Å². The number of carbonyl (C=O) groups is 1. The predicted octanol–water partition coefficient (Wildman–Crippen LogP) is 2.17. The number of anilines is 1. The topological polar surface area (TPSA) is 66.9 Å². The Morgan fingerprint density at radius 1 is 1.50 bits per heavy atom. The van der Waals surface area contributed by atoms with E-state index in [1.54, 1.807) is 11.4 Å². The highest BCUT2D eigenvalue weighted by Gasteiger charge is 2.10. The summed E-state index contributed by atoms with van der Waals surface area (Å²) in [6.07, 6.45) is 0.684. The van der Waals surface area contributed by atoms with Crippen molar-refractivity contribution in [3.8, 4) is 6.07 Å². The zero-order valence-electron chi connectivity index (χ0n) is 7.15. The second kappa shape index (κ2) is 3.13. The van der Waals surface area contributed by atoms with Gasteiger partial charge in [0, 0.05) is 21.0 Å². The lowest BCUT2D eigenvalue weighted by atomic mass is 10.0. The summed E-state index contributed by atoms with van der Waals surface area (Å²) in [6, 6.07) is 5.42. The Morgan fingerprint density at radius 3 is 2.93 bits per heavy atom. The van der Waals surface area contributed by atoms with Gasteiger partial charge in [-0.3, -0.25) is 4.79 Å². The molecule has 0 bridgehead atoms. The Bertz CT molecular complexity index is 551. The molecular formula is C10H6N2OS. The number of benzene rings is 1. The number of fused-ring (bicyclic) bond motifs is 1. The summed E-state index contributed by atoms with van der Waals surface area (Å²) in [6.45, 7) is 0. The molecule has 0 unspecified atom stereocenters. The van der Waals surface area contributed by atoms with E-state index in [0.29, 0.717) is 28.5 Å². The van der Waals surface area contributed by atoms with E-state index in [-0.39, 0.29) is 0 Å². The average molecular weight is 202 g/mol. The molecule has 14 heavy (non-hydrogen) atoms. The number of nitrogens with two attached hydrogens (primary N) is 1. The van der Waals surface area contributed by atoms with Crippen LogP contribution in [0.15, 0.2) is 17.5 Å². The van der Waals surface area contributed by atoms with Crippen molar-refractivity contribution in [1.82, 2.24) is 0 Å². The van der Waals surface area contributed by atoms with Crippen LogP contribution in [-0.2, 0) is 0 Å². The maximum absolute atomic E-state index is 10.8. The smallest absolute Gasteiger partial charge is 0.152 e. The number of nitrogen functional groups attached to an aromatic ring is 1. The first-order chi connectivity index (χ1) is 6.77. The third kappa shape index (κ3) is 1.07. The summed E-state index contributed by atoms with van der Waals surface area (Å²) in [7, 11) is 0. The molecule has 0 aliphatic rings. The summed E-state index contributed by atoms with van der Waals surface area (Å²) in [5.41, 5.74) is 7.04. The summed E-state index contributed by atoms with van der Waals surface area (Å²) >= 11 is 1.47. The van der Waals surface area contributed by atoms with Crippen LogP contribution in [-0.4, -0.2) is 6.29 Å². The third-order valence-corrected chi connectivity index (χ3v) is 3.01. The summed E-state index contributed by atoms with van der Waals surface area (Å²) in [5, 5.41) is 11.3. The average Bonchev–Trinajstić information content (AvgIpc) is 2.59. The largest absolute Gasteiger partial charge is 0.398 e. The van der Waals surface area contributed by atoms with Crippen molar-refractivity contribution in [3.05, 3.63) is 28.6 Å². The van der Waals surface area contributed by atoms with Gasteiger partial charge < -0.3 is 5.73 Å². The van der Waals surface area contributed by atoms with Crippen molar-refractivity contribution in [2.75, 3.05) is 5.73 Å². The first-order valence-electron chi connectivity index (χ1n) is 3.93. The van der Waals surface area contributed by atoms with Crippen molar-refractivity contribution in [3.63, 3.8) is 0 Å². The van der Waals surface area contributed by atoms with Crippen LogP contribution in [0.3, 0.4) is 0 Å². The maximum Gasteiger partial charge on any atom is 0.152 e. The van der Waals surface area contributed by atoms with Gasteiger partial charge in [-0.25, -0.2) is 0 Å². The molecule has 2 rings (SSSR count). The number of hydrogen-bond acceptors (Lipinski definition) is 4. The monoisotopic (exact) mass is 202 g/mol. The van der Waals surface area contributed by atoms with E-state index < -0.39 is 0 Å². The first-order valence-corrected chi connectivity index (χ1v) is 4.81. The minimum atomic E-state index is 0.373. The van der Waals surface area contributed by atoms with Crippen molar-refractivity contribution in [2.45, 2.75) is 0 Å². The molecule has 1 aromatic heterocycles. The predicted molar refractivity (Wildman–Crippen MR) is 56.3 cm³/mol. The lowest BCUT2D eigenvalue weighted by molar-refractivity contribution is 0.112. The molecule has 0 atom stereocenters. The Hall–Kier alpha value is -1.86. The van der Waals surface area contributed by atoms with Crippen LogP contribution in [0.4, 0.5) is 5.69 Å². The highest BCUT2D eigenvalue weighted by Crippen LogP contribution is 2.31. The molecule has 0 amide bonds. The summed E-state index contributed by atoms with van der Waals surface area (Å²) < 4.78 is 0.934. The number of rotatable bonds is 1. The van der Waals surface area contributed by atoms with Crippen LogP contribution in [0.25, 0.3) is 10.1 Å². The molecule has 2 aromatic rings. The Balaban J connectivity index is 2.97. The molecule has 0 aliphatic heterocycles. The molecule has 0 spiro atoms. The molecule has 0 radical (unpaired) electrons. The normalized spacial score (nSPS) is 9.93. The standard InChI is InChI=1S/C10H6N2OS/c11-3-6-1-2-9-10(7(6)4-13)8(12)5-14-9/h1-2,4-5H,12H2. The minimum Gasteiger partial charge on any atom is -0.398 e. The molecule has 4 heteroatoms. The fourth-order valence-electron chi connectivity index (χ4n) is 1.40. The van der Waals surface area contributed by atoms with Gasteiger partial charge in [0.15, 0.2) is 6.29 Å². The van der Waals surface area contributed by atoms with Crippen molar-refractivity contribution in [1.29, 1.82) is 5.26 Å². The van der Waals surface area contributed by atoms with Gasteiger partial charge >= 0.3 is 0 Å². The lowest BCUT2D eigenvalue weighted by Crippen LogP contribution is -1.91. The van der Waals surface area contributed by atoms with Crippen LogP contribution in [0.5, 0.6) is 0 Å². The van der Waals surface area contributed by atoms with Gasteiger partial charge in [-0.15, -0.1) is 11.3 Å². The van der Waals surface area contributed by atoms with E-state index in [0.717, 1.165) is 4.70 Å². The van der Waals surface area contributed by atoms with Crippen LogP contribution in [0.2, 0.25) is 0 Å². The molecule has 1 aromatic carbocycles. The van der Waals surface area contributed by atoms with Gasteiger partial charge in [0.25, 0.3) is 0 Å². The van der Waals surface area contributed by atoms with Gasteiger partial charge in [0.05, 0.1) is 17.3 Å². The highest BCUT2D eigenvalue weighted by molar-refractivity contribution is 7.17. The molecule has 0 saturated heterocycles. The van der Waals surface area contributed by atoms with E-state index in [1.807, 2.05) is 12.1 Å². The molecular weight excluding hydrogens is 196 g/mol. The van der Waals surface area contributed by atoms with E-state index >= 15 is 0 Å². The second-order valence-corrected chi connectivity index (χ2v) is 3.73. The van der Waals surface area contributed by atoms with E-state index in [4.69, 9.17) is 11.0 Å². The molecule has 3 nitrogen and oxygen atoms in total. The number of nitrogens with zero attached hydrogens (tertiary/aromatic N) is 1. The van der Waals surface area contributed by atoms with Crippen molar-refractivity contribution >= 4 is 33.4 Å². The van der Waals surface area contributed by atoms with E-state index in [2.05, 4.69) is 0 Å². The van der Waals surface area contributed by atoms with Gasteiger partial charge in [0.1, 0.15) is 0 Å². The zero-order chi connectivity index (χ0) is 10.1. The van der Waals surface area contributed by atoms with Gasteiger partial charge in [-0.1, -0.05) is 0 Å². The number of carbonyl (C=O) groups excluding carboxylic acids is 1. The molecule has 68 valence electrons. The van der Waals surface area contributed by atoms with Gasteiger partial charge in [-0.2, -0.15) is 5.26 Å². The van der Waals surface area contributed by atoms with Gasteiger partial charge in [0.2, 0.25) is 0 Å². The molecule has 2 N–H and O–H groups in total. The van der Waals surface area contributed by atoms with Crippen LogP contribution < -0.4 is 5.73 Å². The number of thiophene rings is 1. The van der Waals surface area contributed by atoms with Crippen LogP contribution in [0.1, 0.15) is 15.9 Å². The molecule has 0 fully saturated rings. The first kappa shape index (κ1) is 8.73. The highest BCUT2D eigenvalue weighted by atomic mass is 32.1. The molecule has 0 saturated carbocycles.